The first kappa shape index (κ1) is 18.4. The van der Waals surface area contributed by atoms with Crippen molar-refractivity contribution in [3.63, 3.8) is 0 Å². The van der Waals surface area contributed by atoms with Crippen LogP contribution in [0.25, 0.3) is 0 Å². The lowest BCUT2D eigenvalue weighted by molar-refractivity contribution is -0.137. The minimum Gasteiger partial charge on any atom is -0.340 e. The molecule has 0 saturated carbocycles. The van der Waals surface area contributed by atoms with Gasteiger partial charge >= 0.3 is 6.18 Å². The number of aryl methyl sites for hydroxylation is 1. The average Bonchev–Trinajstić information content (AvgIpc) is 2.63. The molecule has 0 spiro atoms. The maximum atomic E-state index is 12.9. The van der Waals surface area contributed by atoms with Gasteiger partial charge in [0.1, 0.15) is 5.82 Å². The molecule has 3 aromatic rings. The second-order valence-electron chi connectivity index (χ2n) is 5.92. The third-order valence-electron chi connectivity index (χ3n) is 3.81. The van der Waals surface area contributed by atoms with Gasteiger partial charge in [0.2, 0.25) is 0 Å². The zero-order valence-electron chi connectivity index (χ0n) is 14.3. The zero-order valence-corrected chi connectivity index (χ0v) is 14.3. The molecular formula is C20H16F3N3O. The first-order valence-electron chi connectivity index (χ1n) is 8.10. The van der Waals surface area contributed by atoms with Crippen LogP contribution < -0.4 is 10.6 Å². The summed E-state index contributed by atoms with van der Waals surface area (Å²) in [6, 6.07) is 15.1. The standard InChI is InChI=1S/C20H16F3N3O/c1-13-7-9-15(10-8-13)26-19(27)17-6-3-11-24-18(17)25-16-5-2-4-14(12-16)20(21,22)23/h2-12H,1H3,(H,24,25)(H,26,27). The molecule has 138 valence electrons. The molecule has 0 unspecified atom stereocenters. The van der Waals surface area contributed by atoms with Crippen LogP contribution in [0.4, 0.5) is 30.4 Å². The largest absolute Gasteiger partial charge is 0.416 e. The number of pyridine rings is 1. The normalized spacial score (nSPS) is 11.1. The number of nitrogens with zero attached hydrogens (tertiary/aromatic N) is 1. The van der Waals surface area contributed by atoms with E-state index in [1.807, 2.05) is 19.1 Å². The number of halogens is 3. The van der Waals surface area contributed by atoms with Gasteiger partial charge in [0.05, 0.1) is 11.1 Å². The van der Waals surface area contributed by atoms with Crippen LogP contribution in [-0.2, 0) is 6.18 Å². The first-order valence-corrected chi connectivity index (χ1v) is 8.10. The van der Waals surface area contributed by atoms with Crippen LogP contribution in [-0.4, -0.2) is 10.9 Å². The van der Waals surface area contributed by atoms with E-state index in [-0.39, 0.29) is 17.1 Å². The molecule has 0 atom stereocenters. The Bertz CT molecular complexity index is 953. The molecule has 3 rings (SSSR count). The van der Waals surface area contributed by atoms with Crippen LogP contribution >= 0.6 is 0 Å². The van der Waals surface area contributed by atoms with E-state index in [1.54, 1.807) is 24.3 Å². The molecule has 0 bridgehead atoms. The quantitative estimate of drug-likeness (QED) is 0.645. The lowest BCUT2D eigenvalue weighted by atomic mass is 10.1. The SMILES string of the molecule is Cc1ccc(NC(=O)c2cccnc2Nc2cccc(C(F)(F)F)c2)cc1. The average molecular weight is 371 g/mol. The van der Waals surface area contributed by atoms with Crippen LogP contribution in [0.1, 0.15) is 21.5 Å². The molecule has 0 aliphatic carbocycles. The summed E-state index contributed by atoms with van der Waals surface area (Å²) in [5.41, 5.74) is 1.29. The minimum absolute atomic E-state index is 0.168. The van der Waals surface area contributed by atoms with Gasteiger partial charge in [-0.1, -0.05) is 23.8 Å². The van der Waals surface area contributed by atoms with E-state index in [4.69, 9.17) is 0 Å². The summed E-state index contributed by atoms with van der Waals surface area (Å²) in [6.07, 6.45) is -2.99. The molecule has 2 N–H and O–H groups in total. The van der Waals surface area contributed by atoms with Gasteiger partial charge in [0.25, 0.3) is 5.91 Å². The summed E-state index contributed by atoms with van der Waals surface area (Å²) >= 11 is 0. The van der Waals surface area contributed by atoms with E-state index < -0.39 is 17.6 Å². The van der Waals surface area contributed by atoms with E-state index in [0.717, 1.165) is 17.7 Å². The Hall–Kier alpha value is -3.35. The van der Waals surface area contributed by atoms with Crippen LogP contribution in [0, 0.1) is 6.92 Å². The van der Waals surface area contributed by atoms with Crippen molar-refractivity contribution in [3.05, 3.63) is 83.6 Å². The maximum Gasteiger partial charge on any atom is 0.416 e. The van der Waals surface area contributed by atoms with E-state index in [0.29, 0.717) is 5.69 Å². The van der Waals surface area contributed by atoms with Gasteiger partial charge in [-0.2, -0.15) is 13.2 Å². The summed E-state index contributed by atoms with van der Waals surface area (Å²) in [5.74, 6) is -0.247. The number of anilines is 3. The fraction of sp³-hybridized carbons (Fsp3) is 0.100. The van der Waals surface area contributed by atoms with Crippen molar-refractivity contribution >= 4 is 23.1 Å². The molecule has 1 heterocycles. The predicted octanol–water partition coefficient (Wildman–Crippen LogP) is 5.40. The number of hydrogen-bond acceptors (Lipinski definition) is 3. The highest BCUT2D eigenvalue weighted by atomic mass is 19.4. The molecule has 1 aromatic heterocycles. The number of carbonyl (C=O) groups is 1. The molecule has 0 saturated heterocycles. The summed E-state index contributed by atoms with van der Waals surface area (Å²) in [4.78, 5) is 16.7. The van der Waals surface area contributed by atoms with Gasteiger partial charge in [-0.25, -0.2) is 4.98 Å². The van der Waals surface area contributed by atoms with E-state index in [9.17, 15) is 18.0 Å². The van der Waals surface area contributed by atoms with Crippen molar-refractivity contribution in [2.24, 2.45) is 0 Å². The molecule has 1 amide bonds. The third kappa shape index (κ3) is 4.63. The van der Waals surface area contributed by atoms with Crippen molar-refractivity contribution in [2.75, 3.05) is 10.6 Å². The number of amides is 1. The Morgan fingerprint density at radius 2 is 1.70 bits per heavy atom. The number of rotatable bonds is 4. The number of alkyl halides is 3. The van der Waals surface area contributed by atoms with Gasteiger partial charge in [-0.15, -0.1) is 0 Å². The predicted molar refractivity (Wildman–Crippen MR) is 98.1 cm³/mol. The minimum atomic E-state index is -4.45. The van der Waals surface area contributed by atoms with E-state index >= 15 is 0 Å². The lowest BCUT2D eigenvalue weighted by Gasteiger charge is -2.13. The number of carbonyl (C=O) groups excluding carboxylic acids is 1. The van der Waals surface area contributed by atoms with Crippen molar-refractivity contribution < 1.29 is 18.0 Å². The third-order valence-corrected chi connectivity index (χ3v) is 3.81. The molecule has 4 nitrogen and oxygen atoms in total. The van der Waals surface area contributed by atoms with Crippen molar-refractivity contribution in [1.29, 1.82) is 0 Å². The lowest BCUT2D eigenvalue weighted by Crippen LogP contribution is -2.14. The maximum absolute atomic E-state index is 12.9. The second-order valence-corrected chi connectivity index (χ2v) is 5.92. The fourth-order valence-electron chi connectivity index (χ4n) is 2.43. The van der Waals surface area contributed by atoms with Gasteiger partial charge in [-0.05, 0) is 49.4 Å². The molecule has 0 radical (unpaired) electrons. The topological polar surface area (TPSA) is 54.0 Å². The number of hydrogen-bond donors (Lipinski definition) is 2. The molecule has 0 aliphatic heterocycles. The summed E-state index contributed by atoms with van der Waals surface area (Å²) in [5, 5.41) is 5.54. The summed E-state index contributed by atoms with van der Waals surface area (Å²) in [6.45, 7) is 1.93. The van der Waals surface area contributed by atoms with Crippen LogP contribution in [0.5, 0.6) is 0 Å². The smallest absolute Gasteiger partial charge is 0.340 e. The molecular weight excluding hydrogens is 355 g/mol. The molecule has 0 aliphatic rings. The molecule has 27 heavy (non-hydrogen) atoms. The number of nitrogens with one attached hydrogen (secondary N) is 2. The molecule has 0 fully saturated rings. The monoisotopic (exact) mass is 371 g/mol. The highest BCUT2D eigenvalue weighted by Gasteiger charge is 2.30. The van der Waals surface area contributed by atoms with Crippen molar-refractivity contribution in [1.82, 2.24) is 4.98 Å². The number of benzene rings is 2. The van der Waals surface area contributed by atoms with Crippen molar-refractivity contribution in [2.45, 2.75) is 13.1 Å². The zero-order chi connectivity index (χ0) is 19.4. The van der Waals surface area contributed by atoms with E-state index in [1.165, 1.54) is 18.3 Å². The summed E-state index contributed by atoms with van der Waals surface area (Å²) < 4.78 is 38.6. The van der Waals surface area contributed by atoms with Gasteiger partial charge in [0, 0.05) is 17.6 Å². The van der Waals surface area contributed by atoms with E-state index in [2.05, 4.69) is 15.6 Å². The molecule has 7 heteroatoms. The Kier molecular flexibility index (Phi) is 5.12. The highest BCUT2D eigenvalue weighted by molar-refractivity contribution is 6.07. The first-order chi connectivity index (χ1) is 12.8. The van der Waals surface area contributed by atoms with Gasteiger partial charge < -0.3 is 10.6 Å². The fourth-order valence-corrected chi connectivity index (χ4v) is 2.43. The van der Waals surface area contributed by atoms with Gasteiger partial charge in [0.15, 0.2) is 0 Å². The Morgan fingerprint density at radius 3 is 2.41 bits per heavy atom. The van der Waals surface area contributed by atoms with Gasteiger partial charge in [-0.3, -0.25) is 4.79 Å². The number of aromatic nitrogens is 1. The van der Waals surface area contributed by atoms with Crippen molar-refractivity contribution in [3.8, 4) is 0 Å². The Labute approximate surface area is 154 Å². The summed E-state index contributed by atoms with van der Waals surface area (Å²) in [7, 11) is 0. The highest BCUT2D eigenvalue weighted by Crippen LogP contribution is 2.31. The van der Waals surface area contributed by atoms with Crippen LogP contribution in [0.2, 0.25) is 0 Å². The molecule has 2 aromatic carbocycles. The Morgan fingerprint density at radius 1 is 0.963 bits per heavy atom. The Balaban J connectivity index is 1.84. The second kappa shape index (κ2) is 7.49. The van der Waals surface area contributed by atoms with Crippen LogP contribution in [0.3, 0.4) is 0 Å². The van der Waals surface area contributed by atoms with Crippen LogP contribution in [0.15, 0.2) is 66.9 Å².